The first kappa shape index (κ1) is 11.8. The molecule has 4 nitrogen and oxygen atoms in total. The van der Waals surface area contributed by atoms with Crippen molar-refractivity contribution in [3.05, 3.63) is 66.5 Å². The fourth-order valence-electron chi connectivity index (χ4n) is 2.76. The summed E-state index contributed by atoms with van der Waals surface area (Å²) in [6, 6.07) is 15.1. The molecule has 0 amide bonds. The Bertz CT molecular complexity index is 978. The number of para-hydroxylation sites is 1. The molecule has 4 rings (SSSR count). The van der Waals surface area contributed by atoms with Gasteiger partial charge in [0.25, 0.3) is 5.91 Å². The average Bonchev–Trinajstić information content (AvgIpc) is 3.13. The van der Waals surface area contributed by atoms with E-state index in [0.29, 0.717) is 11.3 Å². The summed E-state index contributed by atoms with van der Waals surface area (Å²) in [6.07, 6.45) is 3.61. The molecule has 2 aromatic heterocycles. The van der Waals surface area contributed by atoms with E-state index in [9.17, 15) is 4.79 Å². The van der Waals surface area contributed by atoms with Gasteiger partial charge in [-0.15, -0.1) is 0 Å². The highest BCUT2D eigenvalue weighted by atomic mass is 16.2. The minimum atomic E-state index is -0.0661. The topological polar surface area (TPSA) is 63.8 Å². The highest BCUT2D eigenvalue weighted by molar-refractivity contribution is 6.10. The predicted molar refractivity (Wildman–Crippen MR) is 84.4 cm³/mol. The first-order chi connectivity index (χ1) is 10.3. The van der Waals surface area contributed by atoms with Gasteiger partial charge in [-0.25, -0.2) is 0 Å². The second-order valence-corrected chi connectivity index (χ2v) is 5.02. The van der Waals surface area contributed by atoms with Gasteiger partial charge in [-0.05, 0) is 30.3 Å². The largest absolute Gasteiger partial charge is 0.398 e. The standard InChI is InChI=1S/C17H13N3O/c18-14-5-2-6-15-12(14)8-10-20(15)17(21)13-4-1-3-11-7-9-19-16(11)13/h1-10,19H,18H2. The summed E-state index contributed by atoms with van der Waals surface area (Å²) in [4.78, 5) is 16.0. The van der Waals surface area contributed by atoms with Crippen molar-refractivity contribution in [1.82, 2.24) is 9.55 Å². The highest BCUT2D eigenvalue weighted by Crippen LogP contribution is 2.24. The van der Waals surface area contributed by atoms with Crippen molar-refractivity contribution in [2.24, 2.45) is 0 Å². The Morgan fingerprint density at radius 2 is 1.90 bits per heavy atom. The van der Waals surface area contributed by atoms with Crippen molar-refractivity contribution in [2.45, 2.75) is 0 Å². The van der Waals surface area contributed by atoms with Crippen molar-refractivity contribution >= 4 is 33.4 Å². The molecular weight excluding hydrogens is 262 g/mol. The maximum atomic E-state index is 12.8. The van der Waals surface area contributed by atoms with Crippen LogP contribution in [0.15, 0.2) is 60.9 Å². The lowest BCUT2D eigenvalue weighted by molar-refractivity contribution is 0.0966. The third-order valence-electron chi connectivity index (χ3n) is 3.80. The lowest BCUT2D eigenvalue weighted by Crippen LogP contribution is -2.11. The molecule has 0 aliphatic carbocycles. The van der Waals surface area contributed by atoms with Crippen LogP contribution in [0.5, 0.6) is 0 Å². The first-order valence-electron chi connectivity index (χ1n) is 6.72. The summed E-state index contributed by atoms with van der Waals surface area (Å²) in [5.74, 6) is -0.0661. The van der Waals surface area contributed by atoms with E-state index in [0.717, 1.165) is 21.8 Å². The van der Waals surface area contributed by atoms with E-state index in [1.807, 2.05) is 54.7 Å². The molecular formula is C17H13N3O. The number of fused-ring (bicyclic) bond motifs is 2. The molecule has 0 spiro atoms. The Morgan fingerprint density at radius 3 is 2.81 bits per heavy atom. The van der Waals surface area contributed by atoms with Crippen LogP contribution in [0.2, 0.25) is 0 Å². The minimum absolute atomic E-state index is 0.0661. The molecule has 3 N–H and O–H groups in total. The summed E-state index contributed by atoms with van der Waals surface area (Å²) >= 11 is 0. The number of rotatable bonds is 1. The molecule has 0 radical (unpaired) electrons. The highest BCUT2D eigenvalue weighted by Gasteiger charge is 2.15. The third kappa shape index (κ3) is 1.66. The number of aromatic amines is 1. The molecule has 0 saturated carbocycles. The van der Waals surface area contributed by atoms with Crippen molar-refractivity contribution < 1.29 is 4.79 Å². The van der Waals surface area contributed by atoms with E-state index in [2.05, 4.69) is 4.98 Å². The van der Waals surface area contributed by atoms with Crippen LogP contribution in [-0.4, -0.2) is 15.5 Å². The molecule has 0 atom stereocenters. The second-order valence-electron chi connectivity index (χ2n) is 5.02. The molecule has 2 heterocycles. The average molecular weight is 275 g/mol. The van der Waals surface area contributed by atoms with Crippen LogP contribution in [0.25, 0.3) is 21.8 Å². The SMILES string of the molecule is Nc1cccc2c1ccn2C(=O)c1cccc2cc[nH]c12. The normalized spacial score (nSPS) is 11.2. The number of nitrogens with two attached hydrogens (primary N) is 1. The fraction of sp³-hybridized carbons (Fsp3) is 0. The van der Waals surface area contributed by atoms with Gasteiger partial charge in [-0.3, -0.25) is 9.36 Å². The number of carbonyl (C=O) groups is 1. The number of nitrogens with zero attached hydrogens (tertiary/aromatic N) is 1. The van der Waals surface area contributed by atoms with Gasteiger partial charge in [0, 0.05) is 28.9 Å². The quantitative estimate of drug-likeness (QED) is 0.523. The number of anilines is 1. The molecule has 102 valence electrons. The molecule has 0 bridgehead atoms. The van der Waals surface area contributed by atoms with Crippen LogP contribution in [0.4, 0.5) is 5.69 Å². The number of hydrogen-bond donors (Lipinski definition) is 2. The van der Waals surface area contributed by atoms with Gasteiger partial charge >= 0.3 is 0 Å². The molecule has 2 aromatic carbocycles. The summed E-state index contributed by atoms with van der Waals surface area (Å²) in [7, 11) is 0. The molecule has 4 aromatic rings. The van der Waals surface area contributed by atoms with Crippen LogP contribution in [0, 0.1) is 0 Å². The van der Waals surface area contributed by atoms with Gasteiger partial charge in [-0.1, -0.05) is 18.2 Å². The lowest BCUT2D eigenvalue weighted by Gasteiger charge is -2.06. The first-order valence-corrected chi connectivity index (χ1v) is 6.72. The lowest BCUT2D eigenvalue weighted by atomic mass is 10.1. The molecule has 0 aliphatic heterocycles. The van der Waals surface area contributed by atoms with Crippen LogP contribution >= 0.6 is 0 Å². The number of aromatic nitrogens is 2. The van der Waals surface area contributed by atoms with Crippen LogP contribution in [0.1, 0.15) is 10.4 Å². The zero-order chi connectivity index (χ0) is 14.4. The third-order valence-corrected chi connectivity index (χ3v) is 3.80. The van der Waals surface area contributed by atoms with Gasteiger partial charge < -0.3 is 10.7 Å². The number of H-pyrrole nitrogens is 1. The van der Waals surface area contributed by atoms with Crippen LogP contribution in [-0.2, 0) is 0 Å². The van der Waals surface area contributed by atoms with Gasteiger partial charge in [0.1, 0.15) is 0 Å². The molecule has 0 unspecified atom stereocenters. The Labute approximate surface area is 120 Å². The van der Waals surface area contributed by atoms with E-state index in [1.54, 1.807) is 10.8 Å². The van der Waals surface area contributed by atoms with Crippen molar-refractivity contribution in [2.75, 3.05) is 5.73 Å². The summed E-state index contributed by atoms with van der Waals surface area (Å²) in [5, 5.41) is 1.92. The van der Waals surface area contributed by atoms with E-state index in [4.69, 9.17) is 5.73 Å². The van der Waals surface area contributed by atoms with Crippen molar-refractivity contribution in [3.8, 4) is 0 Å². The number of carbonyl (C=O) groups excluding carboxylic acids is 1. The van der Waals surface area contributed by atoms with Crippen molar-refractivity contribution in [1.29, 1.82) is 0 Å². The summed E-state index contributed by atoms with van der Waals surface area (Å²) < 4.78 is 1.64. The molecule has 4 heteroatoms. The Balaban J connectivity index is 1.95. The fourth-order valence-corrected chi connectivity index (χ4v) is 2.76. The van der Waals surface area contributed by atoms with Gasteiger partial charge in [0.15, 0.2) is 0 Å². The van der Waals surface area contributed by atoms with Crippen LogP contribution < -0.4 is 5.73 Å². The molecule has 0 saturated heterocycles. The predicted octanol–water partition coefficient (Wildman–Crippen LogP) is 3.39. The van der Waals surface area contributed by atoms with E-state index < -0.39 is 0 Å². The number of benzene rings is 2. The maximum absolute atomic E-state index is 12.8. The van der Waals surface area contributed by atoms with Crippen molar-refractivity contribution in [3.63, 3.8) is 0 Å². The zero-order valence-electron chi connectivity index (χ0n) is 11.2. The molecule has 0 aliphatic rings. The zero-order valence-corrected chi connectivity index (χ0v) is 11.2. The van der Waals surface area contributed by atoms with E-state index >= 15 is 0 Å². The van der Waals surface area contributed by atoms with Crippen LogP contribution in [0.3, 0.4) is 0 Å². The molecule has 21 heavy (non-hydrogen) atoms. The smallest absolute Gasteiger partial charge is 0.264 e. The number of nitrogens with one attached hydrogen (secondary N) is 1. The monoisotopic (exact) mass is 275 g/mol. The minimum Gasteiger partial charge on any atom is -0.398 e. The van der Waals surface area contributed by atoms with Gasteiger partial charge in [0.05, 0.1) is 16.6 Å². The van der Waals surface area contributed by atoms with Gasteiger partial charge in [-0.2, -0.15) is 0 Å². The number of nitrogen functional groups attached to an aromatic ring is 1. The number of hydrogen-bond acceptors (Lipinski definition) is 2. The second kappa shape index (κ2) is 4.24. The van der Waals surface area contributed by atoms with Gasteiger partial charge in [0.2, 0.25) is 0 Å². The maximum Gasteiger partial charge on any atom is 0.264 e. The van der Waals surface area contributed by atoms with E-state index in [1.165, 1.54) is 0 Å². The Morgan fingerprint density at radius 1 is 1.05 bits per heavy atom. The van der Waals surface area contributed by atoms with E-state index in [-0.39, 0.29) is 5.91 Å². The Kier molecular flexibility index (Phi) is 2.38. The molecule has 0 fully saturated rings. The summed E-state index contributed by atoms with van der Waals surface area (Å²) in [5.41, 5.74) is 8.96. The summed E-state index contributed by atoms with van der Waals surface area (Å²) in [6.45, 7) is 0. The Hall–Kier alpha value is -3.01.